The first-order valence-corrected chi connectivity index (χ1v) is 19.3. The minimum Gasteiger partial charge on any atom is -0.125 e. The Bertz CT molecular complexity index is 739. The molecule has 0 fully saturated rings. The topological polar surface area (TPSA) is 0 Å². The number of unbranched alkanes of at least 4 members (excludes halogenated alkanes) is 2. The molecule has 2 heteroatoms. The maximum absolute atomic E-state index is 3.98. The lowest BCUT2D eigenvalue weighted by molar-refractivity contribution is 0.838. The summed E-state index contributed by atoms with van der Waals surface area (Å²) in [5.74, 6) is 7.56. The van der Waals surface area contributed by atoms with Crippen LogP contribution in [0.5, 0.6) is 0 Å². The monoisotopic (exact) mass is 524 g/mol. The third-order valence-corrected chi connectivity index (χ3v) is 20.9. The van der Waals surface area contributed by atoms with Crippen molar-refractivity contribution in [2.45, 2.75) is 156 Å². The van der Waals surface area contributed by atoms with Crippen molar-refractivity contribution in [3.63, 3.8) is 0 Å². The van der Waals surface area contributed by atoms with Crippen LogP contribution in [0.25, 0.3) is 0 Å². The van der Waals surface area contributed by atoms with Gasteiger partial charge < -0.3 is 0 Å². The van der Waals surface area contributed by atoms with Crippen LogP contribution in [-0.4, -0.2) is 16.1 Å². The van der Waals surface area contributed by atoms with Crippen molar-refractivity contribution in [2.75, 3.05) is 0 Å². The molecule has 0 rings (SSSR count). The standard InChI is InChI=1S/C34H60Si2/c1-15-17-19-21-33(23-25-35(27(3)4,28(5)6)29(7)8)34(22-20-18-16-2)24-26-36(30(9)10,31(11)12)32(13)14/h19-22,27-32H,15-18H2,1-14H3/b21-19+,22-20+,34-33+. The predicted octanol–water partition coefficient (Wildman–Crippen LogP) is 11.4. The Hall–Kier alpha value is -1.23. The summed E-state index contributed by atoms with van der Waals surface area (Å²) in [4.78, 5) is 0. The molecule has 0 spiro atoms. The largest absolute Gasteiger partial charge is 0.146 e. The van der Waals surface area contributed by atoms with Gasteiger partial charge in [-0.25, -0.2) is 0 Å². The minimum absolute atomic E-state index is 0.624. The van der Waals surface area contributed by atoms with Gasteiger partial charge in [-0.15, -0.1) is 11.1 Å². The van der Waals surface area contributed by atoms with E-state index in [0.29, 0.717) is 33.2 Å². The van der Waals surface area contributed by atoms with Gasteiger partial charge in [-0.3, -0.25) is 0 Å². The SMILES string of the molecule is CCC/C=C/C(C#C[Si](C(C)C)(C(C)C)C(C)C)=C(C#C[Si](C(C)C)(C(C)C)C(C)C)/C=C/CCC. The summed E-state index contributed by atoms with van der Waals surface area (Å²) in [5.41, 5.74) is 14.0. The fraction of sp³-hybridized carbons (Fsp3) is 0.706. The van der Waals surface area contributed by atoms with Crippen LogP contribution in [0.3, 0.4) is 0 Å². The van der Waals surface area contributed by atoms with E-state index in [0.717, 1.165) is 36.8 Å². The summed E-state index contributed by atoms with van der Waals surface area (Å²) in [5, 5.41) is 0. The number of hydrogen-bond donors (Lipinski definition) is 0. The van der Waals surface area contributed by atoms with Gasteiger partial charge in [0.2, 0.25) is 0 Å². The second-order valence-corrected chi connectivity index (χ2v) is 23.7. The van der Waals surface area contributed by atoms with E-state index in [2.05, 4.69) is 144 Å². The number of rotatable bonds is 12. The zero-order valence-corrected chi connectivity index (χ0v) is 28.6. The van der Waals surface area contributed by atoms with Crippen molar-refractivity contribution in [1.29, 1.82) is 0 Å². The molecule has 0 bridgehead atoms. The predicted molar refractivity (Wildman–Crippen MR) is 173 cm³/mol. The molecule has 0 atom stereocenters. The van der Waals surface area contributed by atoms with Crippen molar-refractivity contribution < 1.29 is 0 Å². The summed E-state index contributed by atoms with van der Waals surface area (Å²) in [7, 11) is -3.66. The molecule has 0 heterocycles. The summed E-state index contributed by atoms with van der Waals surface area (Å²) >= 11 is 0. The van der Waals surface area contributed by atoms with E-state index in [1.165, 1.54) is 0 Å². The maximum atomic E-state index is 3.98. The van der Waals surface area contributed by atoms with Gasteiger partial charge in [-0.1, -0.05) is 134 Å². The summed E-state index contributed by atoms with van der Waals surface area (Å²) in [6.45, 7) is 33.2. The highest BCUT2D eigenvalue weighted by atomic mass is 28.3. The normalized spacial score (nSPS) is 13.9. The third-order valence-electron chi connectivity index (χ3n) is 8.33. The molecular formula is C34H60Si2. The number of hydrogen-bond acceptors (Lipinski definition) is 0. The molecule has 0 aliphatic heterocycles. The van der Waals surface area contributed by atoms with Crippen LogP contribution in [-0.2, 0) is 0 Å². The highest BCUT2D eigenvalue weighted by molar-refractivity contribution is 6.91. The molecule has 0 saturated heterocycles. The van der Waals surface area contributed by atoms with Crippen molar-refractivity contribution in [1.82, 2.24) is 0 Å². The fourth-order valence-electron chi connectivity index (χ4n) is 6.35. The second-order valence-electron chi connectivity index (χ2n) is 12.5. The van der Waals surface area contributed by atoms with E-state index in [-0.39, 0.29) is 0 Å². The molecule has 0 radical (unpaired) electrons. The molecule has 36 heavy (non-hydrogen) atoms. The summed E-state index contributed by atoms with van der Waals surface area (Å²) < 4.78 is 0. The molecule has 0 aromatic carbocycles. The van der Waals surface area contributed by atoms with Crippen LogP contribution in [0.15, 0.2) is 35.5 Å². The van der Waals surface area contributed by atoms with Gasteiger partial charge >= 0.3 is 0 Å². The van der Waals surface area contributed by atoms with Crippen molar-refractivity contribution >= 4 is 16.1 Å². The van der Waals surface area contributed by atoms with Gasteiger partial charge in [-0.05, 0) is 58.2 Å². The lowest BCUT2D eigenvalue weighted by Crippen LogP contribution is -2.43. The molecule has 0 unspecified atom stereocenters. The van der Waals surface area contributed by atoms with Gasteiger partial charge in [0, 0.05) is 11.1 Å². The Balaban J connectivity index is 7.41. The van der Waals surface area contributed by atoms with Gasteiger partial charge in [0.05, 0.1) is 0 Å². The van der Waals surface area contributed by atoms with Crippen LogP contribution in [0, 0.1) is 22.9 Å². The van der Waals surface area contributed by atoms with E-state index < -0.39 is 16.1 Å². The molecular weight excluding hydrogens is 465 g/mol. The Morgan fingerprint density at radius 3 is 0.944 bits per heavy atom. The average Bonchev–Trinajstić information content (AvgIpc) is 2.76. The summed E-state index contributed by atoms with van der Waals surface area (Å²) in [6, 6.07) is 0. The van der Waals surface area contributed by atoms with Crippen LogP contribution >= 0.6 is 0 Å². The third kappa shape index (κ3) is 8.96. The van der Waals surface area contributed by atoms with E-state index in [9.17, 15) is 0 Å². The smallest absolute Gasteiger partial charge is 0.125 e. The van der Waals surface area contributed by atoms with Gasteiger partial charge in [-0.2, -0.15) is 0 Å². The lowest BCUT2D eigenvalue weighted by atomic mass is 10.1. The highest BCUT2D eigenvalue weighted by Gasteiger charge is 2.42. The van der Waals surface area contributed by atoms with Crippen molar-refractivity contribution in [2.24, 2.45) is 0 Å². The molecule has 0 nitrogen and oxygen atoms in total. The van der Waals surface area contributed by atoms with Gasteiger partial charge in [0.15, 0.2) is 0 Å². The van der Waals surface area contributed by atoms with Crippen molar-refractivity contribution in [3.8, 4) is 22.9 Å². The highest BCUT2D eigenvalue weighted by Crippen LogP contribution is 2.42. The second kappa shape index (κ2) is 16.6. The van der Waals surface area contributed by atoms with Gasteiger partial charge in [0.25, 0.3) is 0 Å². The zero-order chi connectivity index (χ0) is 28.1. The Morgan fingerprint density at radius 1 is 0.500 bits per heavy atom. The first-order valence-electron chi connectivity index (χ1n) is 14.9. The zero-order valence-electron chi connectivity index (χ0n) is 26.6. The summed E-state index contributed by atoms with van der Waals surface area (Å²) in [6.07, 6.45) is 13.6. The van der Waals surface area contributed by atoms with E-state index in [4.69, 9.17) is 0 Å². The Labute approximate surface area is 229 Å². The van der Waals surface area contributed by atoms with E-state index in [1.54, 1.807) is 0 Å². The molecule has 0 saturated carbocycles. The Morgan fingerprint density at radius 2 is 0.750 bits per heavy atom. The molecule has 0 amide bonds. The van der Waals surface area contributed by atoms with Crippen LogP contribution in [0.4, 0.5) is 0 Å². The number of allylic oxidation sites excluding steroid dienone is 6. The van der Waals surface area contributed by atoms with Crippen LogP contribution < -0.4 is 0 Å². The molecule has 0 aliphatic rings. The molecule has 0 aromatic heterocycles. The van der Waals surface area contributed by atoms with Crippen LogP contribution in [0.1, 0.15) is 123 Å². The van der Waals surface area contributed by atoms with Crippen LogP contribution in [0.2, 0.25) is 33.2 Å². The van der Waals surface area contributed by atoms with Gasteiger partial charge in [0.1, 0.15) is 16.1 Å². The molecule has 0 N–H and O–H groups in total. The minimum atomic E-state index is -1.83. The fourth-order valence-corrected chi connectivity index (χ4v) is 16.8. The molecule has 204 valence electrons. The Kier molecular flexibility index (Phi) is 16.0. The quantitative estimate of drug-likeness (QED) is 0.135. The average molecular weight is 525 g/mol. The van der Waals surface area contributed by atoms with Crippen molar-refractivity contribution in [3.05, 3.63) is 35.5 Å². The molecule has 0 aromatic rings. The first kappa shape index (κ1) is 34.8. The maximum Gasteiger partial charge on any atom is 0.146 e. The molecule has 0 aliphatic carbocycles. The van der Waals surface area contributed by atoms with E-state index >= 15 is 0 Å². The van der Waals surface area contributed by atoms with E-state index in [1.807, 2.05) is 0 Å². The first-order chi connectivity index (χ1) is 16.7. The lowest BCUT2D eigenvalue weighted by Gasteiger charge is -2.38.